The third kappa shape index (κ3) is 3.89. The summed E-state index contributed by atoms with van der Waals surface area (Å²) >= 11 is 0. The maximum absolute atomic E-state index is 12.5. The lowest BCUT2D eigenvalue weighted by atomic mass is 9.99. The van der Waals surface area contributed by atoms with Crippen molar-refractivity contribution in [1.29, 1.82) is 0 Å². The minimum atomic E-state index is -0.689. The van der Waals surface area contributed by atoms with Crippen LogP contribution in [0.2, 0.25) is 0 Å². The van der Waals surface area contributed by atoms with Gasteiger partial charge in [0.05, 0.1) is 32.5 Å². The highest BCUT2D eigenvalue weighted by Crippen LogP contribution is 2.34. The topological polar surface area (TPSA) is 118 Å². The molecule has 0 spiro atoms. The molecule has 31 heavy (non-hydrogen) atoms. The molecule has 160 valence electrons. The Balaban J connectivity index is 1.68. The Kier molecular flexibility index (Phi) is 5.48. The third-order valence-corrected chi connectivity index (χ3v) is 5.21. The number of hydrazone groups is 1. The summed E-state index contributed by atoms with van der Waals surface area (Å²) in [5, 5.41) is 15.1. The predicted octanol–water partition coefficient (Wildman–Crippen LogP) is 1.75. The zero-order chi connectivity index (χ0) is 22.0. The largest absolute Gasteiger partial charge is 0.497 e. The lowest BCUT2D eigenvalue weighted by molar-refractivity contribution is 0.392. The van der Waals surface area contributed by atoms with Crippen LogP contribution in [0.1, 0.15) is 29.2 Å². The van der Waals surface area contributed by atoms with E-state index in [1.54, 1.807) is 26.4 Å². The molecule has 2 aromatic carbocycles. The molecule has 0 fully saturated rings. The van der Waals surface area contributed by atoms with Gasteiger partial charge in [0.1, 0.15) is 17.1 Å². The maximum atomic E-state index is 12.5. The van der Waals surface area contributed by atoms with Gasteiger partial charge in [0.25, 0.3) is 5.56 Å². The Hall–Kier alpha value is -4.01. The van der Waals surface area contributed by atoms with Crippen LogP contribution in [0, 0.1) is 0 Å². The molecular weight excluding hydrogens is 400 g/mol. The molecular formula is C22H22N4O5. The Morgan fingerprint density at radius 1 is 1.13 bits per heavy atom. The van der Waals surface area contributed by atoms with Crippen molar-refractivity contribution >= 4 is 5.71 Å². The first-order valence-corrected chi connectivity index (χ1v) is 9.66. The number of nitrogens with zero attached hydrogens (tertiary/aromatic N) is 2. The molecule has 1 atom stereocenters. The van der Waals surface area contributed by atoms with Crippen LogP contribution in [0.25, 0.3) is 0 Å². The quantitative estimate of drug-likeness (QED) is 0.557. The van der Waals surface area contributed by atoms with Crippen molar-refractivity contribution in [3.05, 3.63) is 86.1 Å². The first-order chi connectivity index (χ1) is 15.0. The van der Waals surface area contributed by atoms with E-state index in [0.29, 0.717) is 23.6 Å². The van der Waals surface area contributed by atoms with E-state index in [-0.39, 0.29) is 18.2 Å². The summed E-state index contributed by atoms with van der Waals surface area (Å²) in [5.74, 6) is 0.876. The van der Waals surface area contributed by atoms with Crippen LogP contribution in [0.3, 0.4) is 0 Å². The van der Waals surface area contributed by atoms with Crippen molar-refractivity contribution in [3.63, 3.8) is 0 Å². The molecule has 0 radical (unpaired) electrons. The van der Waals surface area contributed by atoms with Gasteiger partial charge in [-0.1, -0.05) is 30.3 Å². The minimum Gasteiger partial charge on any atom is -0.497 e. The van der Waals surface area contributed by atoms with Crippen molar-refractivity contribution in [2.24, 2.45) is 5.10 Å². The first kappa shape index (κ1) is 20.3. The Morgan fingerprint density at radius 2 is 1.90 bits per heavy atom. The van der Waals surface area contributed by atoms with E-state index in [2.05, 4.69) is 15.5 Å². The molecule has 0 bridgehead atoms. The molecule has 0 saturated heterocycles. The van der Waals surface area contributed by atoms with Gasteiger partial charge >= 0.3 is 5.69 Å². The highest BCUT2D eigenvalue weighted by atomic mass is 16.5. The molecule has 4 rings (SSSR count). The summed E-state index contributed by atoms with van der Waals surface area (Å²) in [6.45, 7) is 0.114. The second kappa shape index (κ2) is 8.39. The lowest BCUT2D eigenvalue weighted by Crippen LogP contribution is -2.34. The van der Waals surface area contributed by atoms with Crippen LogP contribution < -0.4 is 26.1 Å². The van der Waals surface area contributed by atoms with Crippen LogP contribution in [0.5, 0.6) is 17.4 Å². The molecule has 1 aliphatic rings. The van der Waals surface area contributed by atoms with Gasteiger partial charge in [0.15, 0.2) is 0 Å². The van der Waals surface area contributed by atoms with Gasteiger partial charge in [-0.2, -0.15) is 5.10 Å². The average Bonchev–Trinajstić information content (AvgIpc) is 3.26. The van der Waals surface area contributed by atoms with E-state index >= 15 is 0 Å². The molecule has 1 aliphatic heterocycles. The second-order valence-corrected chi connectivity index (χ2v) is 7.08. The number of hydrogen-bond acceptors (Lipinski definition) is 7. The van der Waals surface area contributed by atoms with Crippen LogP contribution in [0.4, 0.5) is 0 Å². The van der Waals surface area contributed by atoms with E-state index in [4.69, 9.17) is 9.47 Å². The predicted molar refractivity (Wildman–Crippen MR) is 115 cm³/mol. The summed E-state index contributed by atoms with van der Waals surface area (Å²) in [7, 11) is 3.14. The lowest BCUT2D eigenvalue weighted by Gasteiger charge is -2.16. The summed E-state index contributed by atoms with van der Waals surface area (Å²) < 4.78 is 11.9. The molecule has 1 unspecified atom stereocenters. The summed E-state index contributed by atoms with van der Waals surface area (Å²) in [6, 6.07) is 14.3. The molecule has 0 amide bonds. The molecule has 2 heterocycles. The fraction of sp³-hybridized carbons (Fsp3) is 0.227. The van der Waals surface area contributed by atoms with Gasteiger partial charge in [-0.15, -0.1) is 0 Å². The van der Waals surface area contributed by atoms with Gasteiger partial charge in [-0.05, 0) is 23.8 Å². The van der Waals surface area contributed by atoms with E-state index in [9.17, 15) is 14.7 Å². The molecule has 1 aromatic heterocycles. The number of ether oxygens (including phenoxy) is 2. The fourth-order valence-electron chi connectivity index (χ4n) is 3.62. The first-order valence-electron chi connectivity index (χ1n) is 9.66. The number of benzene rings is 2. The zero-order valence-electron chi connectivity index (χ0n) is 17.1. The number of nitrogens with one attached hydrogen (secondary N) is 2. The molecule has 9 heteroatoms. The van der Waals surface area contributed by atoms with Gasteiger partial charge in [-0.3, -0.25) is 14.3 Å². The van der Waals surface area contributed by atoms with E-state index in [1.807, 2.05) is 36.4 Å². The Labute approximate surface area is 177 Å². The Bertz CT molecular complexity index is 1250. The SMILES string of the molecule is COc1ccc(OC)c(C2CC(c3c(O)n(Cc4ccccc4)c(=O)[nH]c3=O)=NN2)c1. The van der Waals surface area contributed by atoms with Gasteiger partial charge in [-0.25, -0.2) is 4.79 Å². The summed E-state index contributed by atoms with van der Waals surface area (Å²) in [5.41, 5.74) is 3.53. The van der Waals surface area contributed by atoms with Crippen molar-refractivity contribution in [1.82, 2.24) is 15.0 Å². The smallest absolute Gasteiger partial charge is 0.331 e. The number of hydrogen-bond donors (Lipinski definition) is 3. The molecule has 3 N–H and O–H groups in total. The van der Waals surface area contributed by atoms with Gasteiger partial charge in [0, 0.05) is 12.0 Å². The van der Waals surface area contributed by atoms with E-state index < -0.39 is 17.1 Å². The third-order valence-electron chi connectivity index (χ3n) is 5.21. The standard InChI is InChI=1S/C22H22N4O5/c1-30-14-8-9-18(31-2)15(10-14)16-11-17(25-24-16)19-20(27)23-22(29)26(21(19)28)12-13-6-4-3-5-7-13/h3-10,16,24,28H,11-12H2,1-2H3,(H,23,27,29). The van der Waals surface area contributed by atoms with Crippen molar-refractivity contribution in [2.45, 2.75) is 19.0 Å². The number of rotatable bonds is 6. The van der Waals surface area contributed by atoms with Crippen molar-refractivity contribution in [2.75, 3.05) is 14.2 Å². The maximum Gasteiger partial charge on any atom is 0.331 e. The average molecular weight is 422 g/mol. The normalized spacial score (nSPS) is 15.3. The molecule has 0 saturated carbocycles. The van der Waals surface area contributed by atoms with E-state index in [1.165, 1.54) is 0 Å². The van der Waals surface area contributed by atoms with Gasteiger partial charge < -0.3 is 20.0 Å². The van der Waals surface area contributed by atoms with Gasteiger partial charge in [0.2, 0.25) is 5.88 Å². The van der Waals surface area contributed by atoms with Crippen LogP contribution in [0.15, 0.2) is 63.2 Å². The minimum absolute atomic E-state index is 0.0348. The number of aromatic hydroxyl groups is 1. The summed E-state index contributed by atoms with van der Waals surface area (Å²) in [6.07, 6.45) is 0.309. The van der Waals surface area contributed by atoms with Crippen LogP contribution in [-0.4, -0.2) is 34.6 Å². The molecule has 9 nitrogen and oxygen atoms in total. The zero-order valence-corrected chi connectivity index (χ0v) is 17.1. The van der Waals surface area contributed by atoms with E-state index in [0.717, 1.165) is 15.7 Å². The highest BCUT2D eigenvalue weighted by molar-refractivity contribution is 6.03. The number of methoxy groups -OCH3 is 2. The molecule has 3 aromatic rings. The number of H-pyrrole nitrogens is 1. The molecule has 0 aliphatic carbocycles. The number of aromatic amines is 1. The van der Waals surface area contributed by atoms with Crippen LogP contribution >= 0.6 is 0 Å². The van der Waals surface area contributed by atoms with Crippen molar-refractivity contribution < 1.29 is 14.6 Å². The second-order valence-electron chi connectivity index (χ2n) is 7.08. The summed E-state index contributed by atoms with van der Waals surface area (Å²) in [4.78, 5) is 27.2. The highest BCUT2D eigenvalue weighted by Gasteiger charge is 2.29. The monoisotopic (exact) mass is 422 g/mol. The Morgan fingerprint density at radius 3 is 2.61 bits per heavy atom. The van der Waals surface area contributed by atoms with Crippen molar-refractivity contribution in [3.8, 4) is 17.4 Å². The van der Waals surface area contributed by atoms with Crippen LogP contribution in [-0.2, 0) is 6.54 Å². The fourth-order valence-corrected chi connectivity index (χ4v) is 3.62. The number of aromatic nitrogens is 2.